The Morgan fingerprint density at radius 2 is 2.08 bits per heavy atom. The number of carbonyl (C=O) groups is 1. The van der Waals surface area contributed by atoms with E-state index in [9.17, 15) is 9.18 Å². The van der Waals surface area contributed by atoms with Crippen molar-refractivity contribution in [1.29, 1.82) is 0 Å². The molecule has 0 fully saturated rings. The molecule has 0 bridgehead atoms. The van der Waals surface area contributed by atoms with Gasteiger partial charge in [0.05, 0.1) is 0 Å². The van der Waals surface area contributed by atoms with Crippen molar-refractivity contribution in [2.75, 3.05) is 5.32 Å². The van der Waals surface area contributed by atoms with E-state index in [1.165, 1.54) is 18.5 Å². The summed E-state index contributed by atoms with van der Waals surface area (Å²) in [7, 11) is 0. The Hall–Kier alpha value is -2.21. The number of benzene rings is 2. The second-order valence-corrected chi connectivity index (χ2v) is 7.00. The number of aromatic nitrogens is 2. The van der Waals surface area contributed by atoms with Crippen molar-refractivity contribution in [2.45, 2.75) is 5.82 Å². The van der Waals surface area contributed by atoms with Gasteiger partial charge in [0.1, 0.15) is 0 Å². The van der Waals surface area contributed by atoms with Gasteiger partial charge in [0, 0.05) is 0 Å². The van der Waals surface area contributed by atoms with Gasteiger partial charge < -0.3 is 0 Å². The van der Waals surface area contributed by atoms with Gasteiger partial charge in [-0.15, -0.1) is 0 Å². The van der Waals surface area contributed by atoms with Crippen LogP contribution < -0.4 is 15.5 Å². The summed E-state index contributed by atoms with van der Waals surface area (Å²) in [4.78, 5) is 20.2. The topological polar surface area (TPSA) is 80.9 Å². The number of nitrogens with zero attached hydrogens (tertiary/aromatic N) is 2. The molecule has 0 aliphatic rings. The summed E-state index contributed by atoms with van der Waals surface area (Å²) in [5, 5.41) is 3.85. The van der Waals surface area contributed by atoms with Crippen LogP contribution in [0.1, 0.15) is 10.4 Å². The molecule has 0 aliphatic heterocycles. The fourth-order valence-corrected chi connectivity index (χ4v) is 4.18. The Morgan fingerprint density at radius 3 is 2.75 bits per heavy atom. The van der Waals surface area contributed by atoms with Gasteiger partial charge in [-0.2, -0.15) is 0 Å². The summed E-state index contributed by atoms with van der Waals surface area (Å²) in [5.74, 6) is 1.52. The number of primary amides is 1. The van der Waals surface area contributed by atoms with Crippen LogP contribution in [-0.4, -0.2) is 30.8 Å². The molecule has 0 aliphatic carbocycles. The van der Waals surface area contributed by atoms with Gasteiger partial charge in [-0.25, -0.2) is 0 Å². The Labute approximate surface area is 148 Å². The number of fused-ring (bicyclic) bond motifs is 1. The standard InChI is InChI=1S/C16H12ClFN4OSe/c1-24-14-9(15(19)23)3-5-12-13(14)16(21-7-20-12)22-8-2-4-11(18)10(17)6-8/h2-7H,1H3,(H2,19,23)(H,20,21,22). The molecule has 3 N–H and O–H groups in total. The number of hydrogen-bond donors (Lipinski definition) is 2. The molecular weight excluding hydrogens is 398 g/mol. The SMILES string of the molecule is C[Se]c1c(C(N)=O)ccc2ncnc(Nc3ccc(F)c(Cl)c3)c12. The predicted molar refractivity (Wildman–Crippen MR) is 94.0 cm³/mol. The van der Waals surface area contributed by atoms with Crippen LogP contribution in [0.5, 0.6) is 0 Å². The summed E-state index contributed by atoms with van der Waals surface area (Å²) in [5.41, 5.74) is 7.21. The second-order valence-electron chi connectivity index (χ2n) is 4.88. The van der Waals surface area contributed by atoms with Crippen LogP contribution in [0.25, 0.3) is 10.9 Å². The minimum atomic E-state index is -0.497. The molecule has 1 amide bonds. The van der Waals surface area contributed by atoms with E-state index in [1.54, 1.807) is 18.2 Å². The van der Waals surface area contributed by atoms with Gasteiger partial charge in [0.25, 0.3) is 0 Å². The third-order valence-electron chi connectivity index (χ3n) is 3.41. The number of nitrogens with two attached hydrogens (primary N) is 1. The number of hydrogen-bond acceptors (Lipinski definition) is 4. The van der Waals surface area contributed by atoms with Gasteiger partial charge in [-0.3, -0.25) is 0 Å². The quantitative estimate of drug-likeness (QED) is 0.649. The summed E-state index contributed by atoms with van der Waals surface area (Å²) >= 11 is 5.81. The van der Waals surface area contributed by atoms with E-state index >= 15 is 0 Å². The van der Waals surface area contributed by atoms with Gasteiger partial charge >= 0.3 is 148 Å². The van der Waals surface area contributed by atoms with Crippen LogP contribution >= 0.6 is 11.6 Å². The summed E-state index contributed by atoms with van der Waals surface area (Å²) in [6.45, 7) is 0. The van der Waals surface area contributed by atoms with Crippen molar-refractivity contribution in [1.82, 2.24) is 9.97 Å². The van der Waals surface area contributed by atoms with Crippen molar-refractivity contribution in [2.24, 2.45) is 5.73 Å². The van der Waals surface area contributed by atoms with Gasteiger partial charge in [0.2, 0.25) is 0 Å². The number of anilines is 2. The van der Waals surface area contributed by atoms with Crippen LogP contribution in [0.15, 0.2) is 36.7 Å². The molecule has 24 heavy (non-hydrogen) atoms. The molecule has 0 atom stereocenters. The molecule has 5 nitrogen and oxygen atoms in total. The zero-order chi connectivity index (χ0) is 17.3. The van der Waals surface area contributed by atoms with Crippen molar-refractivity contribution in [3.8, 4) is 0 Å². The van der Waals surface area contributed by atoms with E-state index in [0.717, 1.165) is 9.85 Å². The third kappa shape index (κ3) is 3.06. The molecule has 0 saturated heterocycles. The first-order valence-electron chi connectivity index (χ1n) is 6.85. The first kappa shape index (κ1) is 16.6. The average molecular weight is 410 g/mol. The molecule has 3 rings (SSSR count). The molecular formula is C16H12ClFN4OSe. The molecule has 1 aromatic heterocycles. The Balaban J connectivity index is 2.18. The number of carbonyl (C=O) groups excluding carboxylic acids is 1. The Morgan fingerprint density at radius 1 is 1.29 bits per heavy atom. The Kier molecular flexibility index (Phi) is 4.66. The molecule has 2 aromatic carbocycles. The zero-order valence-electron chi connectivity index (χ0n) is 12.5. The Bertz CT molecular complexity index is 951. The van der Waals surface area contributed by atoms with Crippen molar-refractivity contribution >= 4 is 59.3 Å². The molecule has 8 heteroatoms. The van der Waals surface area contributed by atoms with E-state index in [-0.39, 0.29) is 20.0 Å². The van der Waals surface area contributed by atoms with Gasteiger partial charge in [0.15, 0.2) is 0 Å². The van der Waals surface area contributed by atoms with E-state index in [1.807, 2.05) is 5.82 Å². The van der Waals surface area contributed by atoms with Gasteiger partial charge in [-0.1, -0.05) is 0 Å². The monoisotopic (exact) mass is 410 g/mol. The molecule has 0 spiro atoms. The molecule has 0 unspecified atom stereocenters. The van der Waals surface area contributed by atoms with Crippen molar-refractivity contribution < 1.29 is 9.18 Å². The summed E-state index contributed by atoms with van der Waals surface area (Å²) in [6, 6.07) is 7.71. The maximum absolute atomic E-state index is 13.3. The minimum absolute atomic E-state index is 0.00847. The molecule has 0 saturated carbocycles. The van der Waals surface area contributed by atoms with E-state index in [0.29, 0.717) is 22.6 Å². The molecule has 0 radical (unpaired) electrons. The number of rotatable bonds is 4. The van der Waals surface area contributed by atoms with Gasteiger partial charge in [-0.05, 0) is 0 Å². The molecule has 1 heterocycles. The second kappa shape index (κ2) is 6.73. The predicted octanol–water partition coefficient (Wildman–Crippen LogP) is 2.64. The molecule has 122 valence electrons. The number of amides is 1. The number of halogens is 2. The summed E-state index contributed by atoms with van der Waals surface area (Å²) in [6.07, 6.45) is 1.42. The zero-order valence-corrected chi connectivity index (χ0v) is 15.0. The van der Waals surface area contributed by atoms with E-state index in [4.69, 9.17) is 17.3 Å². The van der Waals surface area contributed by atoms with Crippen LogP contribution in [-0.2, 0) is 0 Å². The van der Waals surface area contributed by atoms with Crippen LogP contribution in [0.3, 0.4) is 0 Å². The maximum atomic E-state index is 13.3. The van der Waals surface area contributed by atoms with E-state index in [2.05, 4.69) is 15.3 Å². The summed E-state index contributed by atoms with van der Waals surface area (Å²) < 4.78 is 14.1. The normalized spacial score (nSPS) is 10.8. The van der Waals surface area contributed by atoms with E-state index < -0.39 is 11.7 Å². The fraction of sp³-hybridized carbons (Fsp3) is 0.0625. The third-order valence-corrected chi connectivity index (χ3v) is 5.44. The number of nitrogens with one attached hydrogen (secondary N) is 1. The average Bonchev–Trinajstić information content (AvgIpc) is 2.57. The van der Waals surface area contributed by atoms with Crippen molar-refractivity contribution in [3.05, 3.63) is 53.1 Å². The van der Waals surface area contributed by atoms with Crippen molar-refractivity contribution in [3.63, 3.8) is 0 Å². The van der Waals surface area contributed by atoms with Crippen LogP contribution in [0, 0.1) is 5.82 Å². The fourth-order valence-electron chi connectivity index (χ4n) is 2.33. The van der Waals surface area contributed by atoms with Crippen LogP contribution in [0.2, 0.25) is 10.8 Å². The molecule has 3 aromatic rings. The first-order chi connectivity index (χ1) is 11.5. The van der Waals surface area contributed by atoms with Crippen LogP contribution in [0.4, 0.5) is 15.9 Å². The first-order valence-corrected chi connectivity index (χ1v) is 9.79.